The number of fused-ring (bicyclic) bond motifs is 4. The molecule has 0 fully saturated rings. The van der Waals surface area contributed by atoms with Crippen molar-refractivity contribution in [1.29, 1.82) is 0 Å². The zero-order valence-corrected chi connectivity index (χ0v) is 22.6. The number of nitrogens with zero attached hydrogens (tertiary/aromatic N) is 1. The molecular formula is C32H19NSY-2. The molecule has 0 aliphatic rings. The molecular weight excluding hydrogens is 519 g/mol. The number of aromatic nitrogens is 1. The molecule has 2 heterocycles. The molecule has 0 unspecified atom stereocenters. The molecule has 0 atom stereocenters. The third kappa shape index (κ3) is 3.68. The van der Waals surface area contributed by atoms with Gasteiger partial charge in [-0.15, -0.1) is 17.0 Å². The Balaban J connectivity index is 0.00000229. The van der Waals surface area contributed by atoms with E-state index in [1.54, 1.807) is 0 Å². The molecule has 35 heavy (non-hydrogen) atoms. The Morgan fingerprint density at radius 2 is 1.23 bits per heavy atom. The Morgan fingerprint density at radius 1 is 0.571 bits per heavy atom. The van der Waals surface area contributed by atoms with Gasteiger partial charge in [-0.1, -0.05) is 108 Å². The summed E-state index contributed by atoms with van der Waals surface area (Å²) in [6.45, 7) is 0. The van der Waals surface area contributed by atoms with E-state index in [-0.39, 0.29) is 32.7 Å². The van der Waals surface area contributed by atoms with Crippen LogP contribution in [0, 0.1) is 12.3 Å². The van der Waals surface area contributed by atoms with Gasteiger partial charge in [-0.2, -0.15) is 24.3 Å². The number of benzene rings is 5. The molecule has 0 saturated heterocycles. The maximum Gasteiger partial charge on any atom is 0.0427 e. The van der Waals surface area contributed by atoms with Gasteiger partial charge < -0.3 is 4.57 Å². The Hall–Kier alpha value is -3.04. The van der Waals surface area contributed by atoms with Crippen molar-refractivity contribution >= 4 is 42.4 Å². The summed E-state index contributed by atoms with van der Waals surface area (Å²) in [5.41, 5.74) is 7.04. The smallest absolute Gasteiger partial charge is 0.0427 e. The van der Waals surface area contributed by atoms with Crippen LogP contribution in [0.5, 0.6) is 0 Å². The van der Waals surface area contributed by atoms with Crippen molar-refractivity contribution in [3.63, 3.8) is 0 Å². The van der Waals surface area contributed by atoms with E-state index in [4.69, 9.17) is 0 Å². The van der Waals surface area contributed by atoms with E-state index >= 15 is 0 Å². The Bertz CT molecular complexity index is 1800. The minimum atomic E-state index is 0. The quantitative estimate of drug-likeness (QED) is 0.198. The van der Waals surface area contributed by atoms with E-state index in [1.165, 1.54) is 42.2 Å². The van der Waals surface area contributed by atoms with Gasteiger partial charge in [0.05, 0.1) is 0 Å². The second-order valence-electron chi connectivity index (χ2n) is 8.42. The topological polar surface area (TPSA) is 4.93 Å². The zero-order chi connectivity index (χ0) is 22.5. The van der Waals surface area contributed by atoms with Crippen molar-refractivity contribution in [3.8, 4) is 27.9 Å². The van der Waals surface area contributed by atoms with Gasteiger partial charge in [0.1, 0.15) is 0 Å². The summed E-state index contributed by atoms with van der Waals surface area (Å²) in [4.78, 5) is 0. The standard InChI is InChI=1S/C32H19NS.Y/c1-3-11-22(12-4-1)24-16-9-17-26-27-18-10-19-28(32(27)34-31(24)26)29-21-33(23-13-5-2-6-14-23)30-20-8-7-15-25(29)30;/h1-13,15-20H;/q-2;. The van der Waals surface area contributed by atoms with E-state index in [9.17, 15) is 0 Å². The molecule has 7 aromatic rings. The first kappa shape index (κ1) is 22.4. The maximum atomic E-state index is 3.70. The molecule has 2 aromatic heterocycles. The molecule has 3 heteroatoms. The first-order valence-corrected chi connectivity index (χ1v) is 12.2. The van der Waals surface area contributed by atoms with Gasteiger partial charge >= 0.3 is 0 Å². The van der Waals surface area contributed by atoms with Crippen LogP contribution >= 0.6 is 11.3 Å². The number of thiophene rings is 1. The van der Waals surface area contributed by atoms with E-state index in [1.807, 2.05) is 29.5 Å². The second-order valence-corrected chi connectivity index (χ2v) is 9.44. The van der Waals surface area contributed by atoms with Crippen molar-refractivity contribution in [3.05, 3.63) is 128 Å². The summed E-state index contributed by atoms with van der Waals surface area (Å²) >= 11 is 1.88. The first-order valence-electron chi connectivity index (χ1n) is 11.4. The van der Waals surface area contributed by atoms with E-state index in [0.717, 1.165) is 16.8 Å². The van der Waals surface area contributed by atoms with Gasteiger partial charge in [0.15, 0.2) is 0 Å². The first-order chi connectivity index (χ1) is 16.9. The normalized spacial score (nSPS) is 11.2. The molecule has 0 spiro atoms. The summed E-state index contributed by atoms with van der Waals surface area (Å²) < 4.78 is 4.76. The largest absolute Gasteiger partial charge is 0.439 e. The molecule has 0 amide bonds. The SMILES string of the molecule is [Y].[c-]1ccccc1-n1[c-]c(-c2cccc3c2sc2c(-c4ccccc4)cccc23)c2ccccc21. The van der Waals surface area contributed by atoms with E-state index < -0.39 is 0 Å². The van der Waals surface area contributed by atoms with Crippen LogP contribution in [0.2, 0.25) is 0 Å². The predicted molar refractivity (Wildman–Crippen MR) is 145 cm³/mol. The third-order valence-corrected chi connectivity index (χ3v) is 7.74. The zero-order valence-electron chi connectivity index (χ0n) is 18.9. The molecule has 7 rings (SSSR count). The molecule has 0 N–H and O–H groups in total. The van der Waals surface area contributed by atoms with Crippen molar-refractivity contribution in [2.45, 2.75) is 0 Å². The van der Waals surface area contributed by atoms with Gasteiger partial charge in [-0.3, -0.25) is 0 Å². The van der Waals surface area contributed by atoms with Gasteiger partial charge in [-0.05, 0) is 28.2 Å². The van der Waals surface area contributed by atoms with Crippen LogP contribution in [-0.4, -0.2) is 4.57 Å². The monoisotopic (exact) mass is 538 g/mol. The van der Waals surface area contributed by atoms with Crippen LogP contribution in [0.25, 0.3) is 59.0 Å². The number of hydrogen-bond donors (Lipinski definition) is 0. The predicted octanol–water partition coefficient (Wildman–Crippen LogP) is 8.93. The van der Waals surface area contributed by atoms with Crippen molar-refractivity contribution in [2.75, 3.05) is 0 Å². The minimum Gasteiger partial charge on any atom is -0.439 e. The average molecular weight is 538 g/mol. The van der Waals surface area contributed by atoms with Crippen molar-refractivity contribution < 1.29 is 32.7 Å². The number of hydrogen-bond acceptors (Lipinski definition) is 1. The number of para-hydroxylation sites is 2. The fourth-order valence-corrected chi connectivity index (χ4v) is 6.25. The summed E-state index contributed by atoms with van der Waals surface area (Å²) in [6, 6.07) is 44.0. The molecule has 5 aromatic carbocycles. The summed E-state index contributed by atoms with van der Waals surface area (Å²) in [5.74, 6) is 0. The molecule has 0 aliphatic carbocycles. The fourth-order valence-electron chi connectivity index (χ4n) is 4.89. The molecule has 0 saturated carbocycles. The van der Waals surface area contributed by atoms with Crippen molar-refractivity contribution in [2.24, 2.45) is 0 Å². The number of rotatable bonds is 3. The summed E-state index contributed by atoms with van der Waals surface area (Å²) in [7, 11) is 0. The van der Waals surface area contributed by atoms with Crippen LogP contribution in [0.4, 0.5) is 0 Å². The average Bonchev–Trinajstić information content (AvgIpc) is 3.49. The van der Waals surface area contributed by atoms with E-state index in [0.29, 0.717) is 0 Å². The Morgan fingerprint density at radius 3 is 2.00 bits per heavy atom. The third-order valence-electron chi connectivity index (χ3n) is 6.45. The van der Waals surface area contributed by atoms with Crippen LogP contribution in [0.3, 0.4) is 0 Å². The van der Waals surface area contributed by atoms with Gasteiger partial charge in [0.25, 0.3) is 0 Å². The van der Waals surface area contributed by atoms with Crippen LogP contribution in [-0.2, 0) is 32.7 Å². The van der Waals surface area contributed by atoms with Crippen LogP contribution in [0.15, 0.2) is 115 Å². The Kier molecular flexibility index (Phi) is 5.90. The molecule has 163 valence electrons. The molecule has 1 nitrogen and oxygen atoms in total. The second kappa shape index (κ2) is 9.20. The van der Waals surface area contributed by atoms with Crippen LogP contribution < -0.4 is 0 Å². The summed E-state index contributed by atoms with van der Waals surface area (Å²) in [5, 5.41) is 3.81. The summed E-state index contributed by atoms with van der Waals surface area (Å²) in [6.07, 6.45) is 3.70. The van der Waals surface area contributed by atoms with Gasteiger partial charge in [-0.25, -0.2) is 6.07 Å². The minimum absolute atomic E-state index is 0. The fraction of sp³-hybridized carbons (Fsp3) is 0. The van der Waals surface area contributed by atoms with Crippen LogP contribution in [0.1, 0.15) is 0 Å². The Labute approximate surface area is 233 Å². The maximum absolute atomic E-state index is 3.70. The van der Waals surface area contributed by atoms with Crippen molar-refractivity contribution in [1.82, 2.24) is 4.57 Å². The van der Waals surface area contributed by atoms with E-state index in [2.05, 4.69) is 114 Å². The molecule has 0 aliphatic heterocycles. The molecule has 1 radical (unpaired) electrons. The van der Waals surface area contributed by atoms with Gasteiger partial charge in [0.2, 0.25) is 0 Å². The van der Waals surface area contributed by atoms with Gasteiger partial charge in [0, 0.05) is 47.5 Å². The molecule has 0 bridgehead atoms.